The first-order valence-corrected chi connectivity index (χ1v) is 47.1. The molecule has 18 N–H and O–H groups in total. The lowest BCUT2D eigenvalue weighted by molar-refractivity contribution is -0.270. The number of Topliss-reactive ketones (excluding diaryl/α,β-unsaturated/α-hetero) is 1. The van der Waals surface area contributed by atoms with E-state index >= 15 is 0 Å². The van der Waals surface area contributed by atoms with E-state index in [4.69, 9.17) is 51.7 Å². The molecule has 4 aliphatic heterocycles. The van der Waals surface area contributed by atoms with E-state index in [-0.39, 0.29) is 197 Å². The van der Waals surface area contributed by atoms with Gasteiger partial charge in [-0.2, -0.15) is 0 Å². The van der Waals surface area contributed by atoms with Crippen molar-refractivity contribution in [3.05, 3.63) is 0 Å². The summed E-state index contributed by atoms with van der Waals surface area (Å²) < 4.78 is 75.8. The van der Waals surface area contributed by atoms with Gasteiger partial charge in [0, 0.05) is 151 Å². The SMILES string of the molecule is COP(C)(=O)OC[C@@H]1C[C@@H](C)CN1C(=O)CCCCCCCCCCC(=O)CC(COCCC(=O)NCCCNC(=O)CCCCOC1OC(CO)C(O)C(O)C1NC(C)=O)(COCC(C)C(=O)NCCCNC(=O)CCCCOC1OC(CO)C(O)C(O)C1NC(C)=O)COCC(C)C(=O)NCCCNC(=O)CCCCOC1OC(CO)C(O)C(O)C1NC(C)=O. The van der Waals surface area contributed by atoms with Crippen LogP contribution in [0.3, 0.4) is 0 Å². The van der Waals surface area contributed by atoms with Crippen molar-refractivity contribution in [2.75, 3.05) is 145 Å². The molecule has 4 fully saturated rings. The molecular formula is C84H151N10O32P. The van der Waals surface area contributed by atoms with Crippen LogP contribution in [0.1, 0.15) is 202 Å². The lowest BCUT2D eigenvalue weighted by atomic mass is 9.83. The zero-order valence-electron chi connectivity index (χ0n) is 75.6. The fourth-order valence-electron chi connectivity index (χ4n) is 14.9. The maximum Gasteiger partial charge on any atom is 0.327 e. The molecule has 734 valence electrons. The molecule has 4 aliphatic rings. The summed E-state index contributed by atoms with van der Waals surface area (Å²) in [5, 5.41) is 116. The summed E-state index contributed by atoms with van der Waals surface area (Å²) in [6.45, 7) is 10.2. The summed E-state index contributed by atoms with van der Waals surface area (Å²) in [7, 11) is -1.87. The normalized spacial score (nSPS) is 25.6. The maximum absolute atomic E-state index is 14.3. The Labute approximate surface area is 745 Å². The first kappa shape index (κ1) is 113. The van der Waals surface area contributed by atoms with E-state index < -0.39 is 154 Å². The summed E-state index contributed by atoms with van der Waals surface area (Å²) in [6, 6.07) is -3.47. The average molecular weight is 1840 g/mol. The van der Waals surface area contributed by atoms with Crippen LogP contribution in [-0.2, 0) is 109 Å². The van der Waals surface area contributed by atoms with Crippen LogP contribution in [0.5, 0.6) is 0 Å². The Bertz CT molecular complexity index is 3180. The largest absolute Gasteiger partial charge is 0.394 e. The van der Waals surface area contributed by atoms with Crippen molar-refractivity contribution in [1.82, 2.24) is 52.8 Å². The standard InChI is InChI=1S/C84H151N10O32P/c1-54-42-60(50-123-127(8,115)116-7)94(44-54)69(106)30-16-14-12-10-9-11-13-15-26-61(101)43-84(51-117-41-31-68(105)88-33-23-32-85-65(102)27-17-20-38-120-81-70(91-57(4)98)76(110)73(107)62(45-95)124-81,52-118-48-55(2)79(113)89-36-24-34-86-66(103)28-18-21-39-121-82-71(92-58(5)99)77(111)74(108)63(46-96)125-82)53-119-49-56(3)80(114)90-37-25-35-87-67(104)29-19-22-40-122-83-72(93-59(6)100)78(112)75(109)64(47-97)126-83/h54-56,60,62-64,70-78,81-83,95-97,107-112H,9-53H2,1-8H3,(H,85,102)(H,86,103)(H,87,104)(H,88,105)(H,89,113)(H,90,114)(H,91,98)(H,92,99)(H,93,100)/t54-,55?,56?,60+,62?,63?,64?,70?,71?,72?,73?,74?,75?,76?,77?,78?,81?,82?,83?,84?,127?/m1/s1. The number of rotatable bonds is 68. The van der Waals surface area contributed by atoms with Gasteiger partial charge in [0.25, 0.3) is 0 Å². The molecule has 0 aromatic heterocycles. The first-order valence-electron chi connectivity index (χ1n) is 45.1. The molecule has 127 heavy (non-hydrogen) atoms. The Hall–Kier alpha value is -6.20. The minimum atomic E-state index is -3.20. The molecule has 10 amide bonds. The van der Waals surface area contributed by atoms with Crippen LogP contribution in [0.2, 0.25) is 0 Å². The van der Waals surface area contributed by atoms with Crippen molar-refractivity contribution in [2.45, 2.75) is 300 Å². The highest BCUT2D eigenvalue weighted by atomic mass is 31.2. The van der Waals surface area contributed by atoms with Gasteiger partial charge in [0.15, 0.2) is 18.9 Å². The zero-order valence-corrected chi connectivity index (χ0v) is 76.5. The molecule has 4 saturated heterocycles. The van der Waals surface area contributed by atoms with E-state index in [0.29, 0.717) is 83.1 Å². The fraction of sp³-hybridized carbons (Fsp3) is 0.869. The number of hydrogen-bond acceptors (Lipinski definition) is 32. The quantitative estimate of drug-likeness (QED) is 0.0244. The summed E-state index contributed by atoms with van der Waals surface area (Å²) >= 11 is 0. The molecule has 4 heterocycles. The number of aliphatic hydroxyl groups excluding tert-OH is 9. The maximum atomic E-state index is 14.3. The summed E-state index contributed by atoms with van der Waals surface area (Å²) in [5.41, 5.74) is -1.22. The topological polar surface area (TPSA) is 600 Å². The van der Waals surface area contributed by atoms with Gasteiger partial charge in [-0.05, 0) is 83.0 Å². The molecule has 0 aromatic carbocycles. The Balaban J connectivity index is 1.35. The van der Waals surface area contributed by atoms with Crippen molar-refractivity contribution < 1.29 is 155 Å². The van der Waals surface area contributed by atoms with Crippen LogP contribution >= 0.6 is 7.60 Å². The second-order valence-electron chi connectivity index (χ2n) is 33.8. The van der Waals surface area contributed by atoms with Crippen molar-refractivity contribution in [3.63, 3.8) is 0 Å². The predicted octanol–water partition coefficient (Wildman–Crippen LogP) is -1.47. The number of unbranched alkanes of at least 4 members (excludes halogenated alkanes) is 10. The van der Waals surface area contributed by atoms with Gasteiger partial charge >= 0.3 is 7.60 Å². The zero-order chi connectivity index (χ0) is 93.9. The number of amides is 10. The molecule has 0 aromatic rings. The predicted molar refractivity (Wildman–Crippen MR) is 457 cm³/mol. The number of carbonyl (C=O) groups is 11. The molecule has 0 radical (unpaired) electrons. The molecule has 20 atom stereocenters. The number of nitrogens with zero attached hydrogens (tertiary/aromatic N) is 1. The van der Waals surface area contributed by atoms with Gasteiger partial charge < -0.3 is 150 Å². The van der Waals surface area contributed by atoms with Crippen LogP contribution in [0.25, 0.3) is 0 Å². The van der Waals surface area contributed by atoms with Gasteiger partial charge in [-0.1, -0.05) is 59.3 Å². The number of hydrogen-bond donors (Lipinski definition) is 18. The van der Waals surface area contributed by atoms with Gasteiger partial charge in [0.2, 0.25) is 59.1 Å². The lowest BCUT2D eigenvalue weighted by Gasteiger charge is -2.42. The number of carbonyl (C=O) groups excluding carboxylic acids is 11. The average Bonchev–Trinajstić information content (AvgIpc) is 1.65. The molecule has 0 spiro atoms. The molecule has 42 nitrogen and oxygen atoms in total. The first-order chi connectivity index (χ1) is 60.6. The van der Waals surface area contributed by atoms with Gasteiger partial charge in [-0.3, -0.25) is 57.3 Å². The summed E-state index contributed by atoms with van der Waals surface area (Å²) in [4.78, 5) is 143. The van der Waals surface area contributed by atoms with Crippen LogP contribution in [0.15, 0.2) is 0 Å². The Morgan fingerprint density at radius 1 is 0.441 bits per heavy atom. The van der Waals surface area contributed by atoms with Gasteiger partial charge in [0.1, 0.15) is 78.8 Å². The second kappa shape index (κ2) is 63.0. The van der Waals surface area contributed by atoms with E-state index in [1.165, 1.54) is 34.5 Å². The smallest absolute Gasteiger partial charge is 0.327 e. The van der Waals surface area contributed by atoms with Crippen molar-refractivity contribution in [3.8, 4) is 0 Å². The third-order valence-electron chi connectivity index (χ3n) is 22.2. The van der Waals surface area contributed by atoms with E-state index in [9.17, 15) is 103 Å². The van der Waals surface area contributed by atoms with E-state index in [0.717, 1.165) is 51.4 Å². The number of aliphatic hydroxyl groups is 9. The Morgan fingerprint density at radius 2 is 0.780 bits per heavy atom. The van der Waals surface area contributed by atoms with Crippen molar-refractivity contribution in [2.24, 2.45) is 23.2 Å². The highest BCUT2D eigenvalue weighted by Gasteiger charge is 2.49. The third-order valence-corrected chi connectivity index (χ3v) is 23.5. The van der Waals surface area contributed by atoms with Crippen LogP contribution in [0.4, 0.5) is 0 Å². The molecular weight excluding hydrogens is 1690 g/mol. The minimum absolute atomic E-state index is 0.0505. The van der Waals surface area contributed by atoms with Gasteiger partial charge in [-0.25, -0.2) is 0 Å². The third kappa shape index (κ3) is 44.7. The lowest BCUT2D eigenvalue weighted by Crippen LogP contribution is -2.64. The monoisotopic (exact) mass is 1840 g/mol. The van der Waals surface area contributed by atoms with Crippen LogP contribution in [-0.4, -0.2) is 359 Å². The van der Waals surface area contributed by atoms with Gasteiger partial charge in [0.05, 0.1) is 83.9 Å². The molecule has 4 rings (SSSR count). The van der Waals surface area contributed by atoms with Crippen LogP contribution in [0, 0.1) is 23.2 Å². The Kier molecular flexibility index (Phi) is 56.1. The highest BCUT2D eigenvalue weighted by molar-refractivity contribution is 7.52. The summed E-state index contributed by atoms with van der Waals surface area (Å²) in [5.74, 6) is -4.53. The summed E-state index contributed by atoms with van der Waals surface area (Å²) in [6.07, 6.45) is -4.05. The van der Waals surface area contributed by atoms with Crippen molar-refractivity contribution in [1.29, 1.82) is 0 Å². The molecule has 0 bridgehead atoms. The molecule has 0 aliphatic carbocycles. The van der Waals surface area contributed by atoms with Crippen LogP contribution < -0.4 is 47.9 Å². The molecule has 0 saturated carbocycles. The Morgan fingerprint density at radius 3 is 1.14 bits per heavy atom. The van der Waals surface area contributed by atoms with E-state index in [2.05, 4.69) is 54.8 Å². The molecule has 18 unspecified atom stereocenters. The van der Waals surface area contributed by atoms with E-state index in [1.807, 2.05) is 4.90 Å². The number of ether oxygens (including phenoxy) is 9. The van der Waals surface area contributed by atoms with Gasteiger partial charge in [-0.15, -0.1) is 0 Å². The number of nitrogens with one attached hydrogen (secondary N) is 9. The highest BCUT2D eigenvalue weighted by Crippen LogP contribution is 2.44. The number of ketones is 1. The number of likely N-dealkylation sites (tertiary alicyclic amines) is 1. The fourth-order valence-corrected chi connectivity index (χ4v) is 15.4. The van der Waals surface area contributed by atoms with Crippen molar-refractivity contribution >= 4 is 72.5 Å². The second-order valence-corrected chi connectivity index (χ2v) is 36.0. The van der Waals surface area contributed by atoms with E-state index in [1.54, 1.807) is 13.8 Å². The minimum Gasteiger partial charge on any atom is -0.394 e. The molecule has 43 heteroatoms.